The molecule has 1 fully saturated rings. The van der Waals surface area contributed by atoms with E-state index < -0.39 is 4.87 Å². The summed E-state index contributed by atoms with van der Waals surface area (Å²) >= 11 is 1.57. The normalized spacial score (nSPS) is 21.4. The zero-order valence-corrected chi connectivity index (χ0v) is 13.6. The lowest BCUT2D eigenvalue weighted by Gasteiger charge is -2.35. The summed E-state index contributed by atoms with van der Waals surface area (Å²) in [4.78, 5) is 13.7. The highest BCUT2D eigenvalue weighted by Gasteiger charge is 2.45. The number of rotatable bonds is 3. The summed E-state index contributed by atoms with van der Waals surface area (Å²) in [5.74, 6) is 0.794. The molecule has 114 valence electrons. The van der Waals surface area contributed by atoms with Gasteiger partial charge in [0.15, 0.2) is 0 Å². The van der Waals surface area contributed by atoms with Gasteiger partial charge in [-0.1, -0.05) is 42.0 Å². The predicted molar refractivity (Wildman–Crippen MR) is 89.6 cm³/mol. The first-order chi connectivity index (χ1) is 10.5. The number of phenols is 1. The van der Waals surface area contributed by atoms with Crippen LogP contribution < -0.4 is 0 Å². The summed E-state index contributed by atoms with van der Waals surface area (Å²) < 4.78 is 0. The maximum absolute atomic E-state index is 12.4. The molecule has 0 spiro atoms. The van der Waals surface area contributed by atoms with Crippen LogP contribution in [0.2, 0.25) is 0 Å². The fourth-order valence-electron chi connectivity index (χ4n) is 2.85. The van der Waals surface area contributed by atoms with E-state index in [0.717, 1.165) is 16.7 Å². The van der Waals surface area contributed by atoms with Crippen LogP contribution in [0.15, 0.2) is 48.5 Å². The molecule has 0 bridgehead atoms. The topological polar surface area (TPSA) is 40.5 Å². The molecule has 1 atom stereocenters. The minimum atomic E-state index is -0.539. The molecule has 0 aromatic heterocycles. The van der Waals surface area contributed by atoms with E-state index in [4.69, 9.17) is 0 Å². The molecule has 0 aliphatic carbocycles. The fraction of sp³-hybridized carbons (Fsp3) is 0.278. The number of hydrogen-bond acceptors (Lipinski definition) is 3. The molecule has 3 rings (SSSR count). The predicted octanol–water partition coefficient (Wildman–Crippen LogP) is 3.65. The molecule has 1 N–H and O–H groups in total. The highest BCUT2D eigenvalue weighted by molar-refractivity contribution is 8.01. The van der Waals surface area contributed by atoms with E-state index in [0.29, 0.717) is 12.3 Å². The number of carbonyl (C=O) groups excluding carboxylic acids is 1. The summed E-state index contributed by atoms with van der Waals surface area (Å²) in [6.07, 6.45) is 0. The molecule has 1 unspecified atom stereocenters. The monoisotopic (exact) mass is 313 g/mol. The van der Waals surface area contributed by atoms with Crippen molar-refractivity contribution in [2.75, 3.05) is 5.75 Å². The summed E-state index contributed by atoms with van der Waals surface area (Å²) in [6.45, 7) is 4.56. The minimum absolute atomic E-state index is 0.109. The number of aromatic hydroxyl groups is 1. The largest absolute Gasteiger partial charge is 0.508 e. The van der Waals surface area contributed by atoms with Crippen LogP contribution in [-0.2, 0) is 16.2 Å². The van der Waals surface area contributed by atoms with Crippen molar-refractivity contribution in [3.05, 3.63) is 65.2 Å². The maximum atomic E-state index is 12.4. The van der Waals surface area contributed by atoms with Gasteiger partial charge in [-0.15, -0.1) is 11.8 Å². The van der Waals surface area contributed by atoms with Gasteiger partial charge in [0.05, 0.1) is 5.75 Å². The number of thioether (sulfide) groups is 1. The lowest BCUT2D eigenvalue weighted by atomic mass is 10.0. The van der Waals surface area contributed by atoms with Crippen LogP contribution in [0.4, 0.5) is 0 Å². The SMILES string of the molecule is Cc1ccc(O)c(C2(C)SCC(=O)N2Cc2ccccc2)c1. The van der Waals surface area contributed by atoms with Crippen molar-refractivity contribution >= 4 is 17.7 Å². The van der Waals surface area contributed by atoms with Crippen LogP contribution in [0.25, 0.3) is 0 Å². The standard InChI is InChI=1S/C18H19NO2S/c1-13-8-9-16(20)15(10-13)18(2)19(17(21)12-22-18)11-14-6-4-3-5-7-14/h3-10,20H,11-12H2,1-2H3. The van der Waals surface area contributed by atoms with E-state index in [-0.39, 0.29) is 11.7 Å². The second-order valence-corrected chi connectivity index (χ2v) is 7.13. The number of hydrogen-bond donors (Lipinski definition) is 1. The Morgan fingerprint density at radius 1 is 1.23 bits per heavy atom. The van der Waals surface area contributed by atoms with E-state index in [1.807, 2.05) is 61.2 Å². The van der Waals surface area contributed by atoms with Crippen molar-refractivity contribution in [2.24, 2.45) is 0 Å². The highest BCUT2D eigenvalue weighted by atomic mass is 32.2. The highest BCUT2D eigenvalue weighted by Crippen LogP contribution is 2.48. The molecule has 1 aliphatic rings. The average molecular weight is 313 g/mol. The Bertz CT molecular complexity index is 701. The van der Waals surface area contributed by atoms with Gasteiger partial charge in [-0.3, -0.25) is 4.79 Å². The molecular weight excluding hydrogens is 294 g/mol. The lowest BCUT2D eigenvalue weighted by molar-refractivity contribution is -0.130. The molecule has 22 heavy (non-hydrogen) atoms. The maximum Gasteiger partial charge on any atom is 0.234 e. The van der Waals surface area contributed by atoms with Crippen molar-refractivity contribution in [1.82, 2.24) is 4.90 Å². The van der Waals surface area contributed by atoms with Crippen molar-refractivity contribution < 1.29 is 9.90 Å². The zero-order valence-electron chi connectivity index (χ0n) is 12.7. The summed E-state index contributed by atoms with van der Waals surface area (Å²) in [7, 11) is 0. The molecule has 2 aromatic rings. The summed E-state index contributed by atoms with van der Waals surface area (Å²) in [5.41, 5.74) is 2.98. The smallest absolute Gasteiger partial charge is 0.234 e. The third kappa shape index (κ3) is 2.59. The van der Waals surface area contributed by atoms with Gasteiger partial charge < -0.3 is 10.0 Å². The molecule has 0 saturated carbocycles. The molecule has 4 heteroatoms. The second-order valence-electron chi connectivity index (χ2n) is 5.76. The quantitative estimate of drug-likeness (QED) is 0.940. The van der Waals surface area contributed by atoms with Crippen molar-refractivity contribution in [3.63, 3.8) is 0 Å². The van der Waals surface area contributed by atoms with E-state index in [1.165, 1.54) is 0 Å². The Labute approximate surface area is 135 Å². The van der Waals surface area contributed by atoms with Gasteiger partial charge in [0.2, 0.25) is 5.91 Å². The second kappa shape index (κ2) is 5.69. The molecular formula is C18H19NO2S. The van der Waals surface area contributed by atoms with Gasteiger partial charge in [0.25, 0.3) is 0 Å². The van der Waals surface area contributed by atoms with Crippen LogP contribution in [0, 0.1) is 6.92 Å². The Morgan fingerprint density at radius 2 is 1.95 bits per heavy atom. The van der Waals surface area contributed by atoms with E-state index >= 15 is 0 Å². The summed E-state index contributed by atoms with van der Waals surface area (Å²) in [5, 5.41) is 10.3. The molecule has 1 saturated heterocycles. The lowest BCUT2D eigenvalue weighted by Crippen LogP contribution is -2.39. The Morgan fingerprint density at radius 3 is 2.68 bits per heavy atom. The number of amides is 1. The van der Waals surface area contributed by atoms with Gasteiger partial charge in [-0.05, 0) is 31.5 Å². The van der Waals surface area contributed by atoms with E-state index in [2.05, 4.69) is 0 Å². The van der Waals surface area contributed by atoms with Crippen LogP contribution in [0.5, 0.6) is 5.75 Å². The molecule has 1 aliphatic heterocycles. The Balaban J connectivity index is 2.00. The van der Waals surface area contributed by atoms with E-state index in [1.54, 1.807) is 17.8 Å². The molecule has 0 radical (unpaired) electrons. The van der Waals surface area contributed by atoms with Crippen molar-refractivity contribution in [1.29, 1.82) is 0 Å². The van der Waals surface area contributed by atoms with Gasteiger partial charge in [0.1, 0.15) is 10.6 Å². The molecule has 1 heterocycles. The summed E-state index contributed by atoms with van der Waals surface area (Å²) in [6, 6.07) is 15.5. The zero-order chi connectivity index (χ0) is 15.7. The Hall–Kier alpha value is -1.94. The first-order valence-electron chi connectivity index (χ1n) is 7.29. The third-order valence-corrected chi connectivity index (χ3v) is 5.52. The third-order valence-electron chi connectivity index (χ3n) is 4.13. The fourth-order valence-corrected chi connectivity index (χ4v) is 4.05. The molecule has 3 nitrogen and oxygen atoms in total. The number of benzene rings is 2. The van der Waals surface area contributed by atoms with Crippen molar-refractivity contribution in [3.8, 4) is 5.75 Å². The van der Waals surface area contributed by atoms with Gasteiger partial charge in [0, 0.05) is 12.1 Å². The van der Waals surface area contributed by atoms with Crippen LogP contribution in [0.1, 0.15) is 23.6 Å². The number of carbonyl (C=O) groups is 1. The average Bonchev–Trinajstić information content (AvgIpc) is 2.80. The first kappa shape index (κ1) is 15.0. The minimum Gasteiger partial charge on any atom is -0.508 e. The van der Waals surface area contributed by atoms with Crippen LogP contribution in [0.3, 0.4) is 0 Å². The van der Waals surface area contributed by atoms with Crippen LogP contribution in [-0.4, -0.2) is 21.7 Å². The van der Waals surface area contributed by atoms with Gasteiger partial charge in [-0.25, -0.2) is 0 Å². The van der Waals surface area contributed by atoms with Gasteiger partial charge in [-0.2, -0.15) is 0 Å². The number of phenolic OH excluding ortho intramolecular Hbond substituents is 1. The van der Waals surface area contributed by atoms with Crippen molar-refractivity contribution in [2.45, 2.75) is 25.3 Å². The van der Waals surface area contributed by atoms with Crippen LogP contribution >= 0.6 is 11.8 Å². The Kier molecular flexibility index (Phi) is 3.87. The number of nitrogens with zero attached hydrogens (tertiary/aromatic N) is 1. The number of aryl methyl sites for hydroxylation is 1. The first-order valence-corrected chi connectivity index (χ1v) is 8.28. The molecule has 1 amide bonds. The molecule has 2 aromatic carbocycles. The van der Waals surface area contributed by atoms with E-state index in [9.17, 15) is 9.90 Å². The van der Waals surface area contributed by atoms with Gasteiger partial charge >= 0.3 is 0 Å².